The molecule has 0 unspecified atom stereocenters. The Hall–Kier alpha value is -4.60. The fraction of sp³-hybridized carbons (Fsp3) is 0.259. The minimum atomic E-state index is -0.263. The van der Waals surface area contributed by atoms with Crippen molar-refractivity contribution in [3.63, 3.8) is 0 Å². The van der Waals surface area contributed by atoms with Crippen LogP contribution in [-0.2, 0) is 6.54 Å². The van der Waals surface area contributed by atoms with E-state index in [0.29, 0.717) is 23.0 Å². The normalized spacial score (nSPS) is 13.9. The van der Waals surface area contributed by atoms with Crippen molar-refractivity contribution in [1.29, 1.82) is 0 Å². The summed E-state index contributed by atoms with van der Waals surface area (Å²) in [5, 5.41) is 4.56. The van der Waals surface area contributed by atoms with E-state index in [1.165, 1.54) is 9.08 Å². The highest BCUT2D eigenvalue weighted by atomic mass is 16.5. The lowest BCUT2D eigenvalue weighted by Crippen LogP contribution is -2.46. The minimum Gasteiger partial charge on any atom is -0.497 e. The first-order valence-electron chi connectivity index (χ1n) is 12.2. The molecule has 37 heavy (non-hydrogen) atoms. The van der Waals surface area contributed by atoms with E-state index in [2.05, 4.69) is 37.0 Å². The van der Waals surface area contributed by atoms with Crippen LogP contribution in [0.2, 0.25) is 0 Å². The molecule has 1 fully saturated rings. The molecule has 0 radical (unpaired) electrons. The lowest BCUT2D eigenvalue weighted by molar-refractivity contribution is 0.414. The maximum absolute atomic E-state index is 13.0. The topological polar surface area (TPSA) is 93.9 Å². The molecule has 0 N–H and O–H groups in total. The predicted octanol–water partition coefficient (Wildman–Crippen LogP) is 3.24. The van der Waals surface area contributed by atoms with Gasteiger partial charge in [-0.2, -0.15) is 0 Å². The number of oxazole rings is 1. The van der Waals surface area contributed by atoms with Crippen LogP contribution in [0.25, 0.3) is 17.1 Å². The molecule has 10 nitrogen and oxygen atoms in total. The summed E-state index contributed by atoms with van der Waals surface area (Å²) in [5.74, 6) is 2.85. The molecule has 1 aliphatic heterocycles. The Morgan fingerprint density at radius 2 is 1.76 bits per heavy atom. The monoisotopic (exact) mass is 497 g/mol. The van der Waals surface area contributed by atoms with E-state index in [1.54, 1.807) is 13.4 Å². The number of ether oxygens (including phenoxy) is 1. The third kappa shape index (κ3) is 4.42. The Kier molecular flexibility index (Phi) is 5.84. The molecule has 0 bridgehead atoms. The number of methoxy groups -OCH3 is 1. The maximum Gasteiger partial charge on any atom is 0.351 e. The van der Waals surface area contributed by atoms with Crippen molar-refractivity contribution in [2.45, 2.75) is 13.5 Å². The zero-order chi connectivity index (χ0) is 25.4. The summed E-state index contributed by atoms with van der Waals surface area (Å²) < 4.78 is 14.1. The van der Waals surface area contributed by atoms with Gasteiger partial charge in [-0.05, 0) is 31.2 Å². The first-order chi connectivity index (χ1) is 18.1. The van der Waals surface area contributed by atoms with Crippen molar-refractivity contribution in [1.82, 2.24) is 24.1 Å². The molecule has 2 aromatic carbocycles. The van der Waals surface area contributed by atoms with Gasteiger partial charge in [0.25, 0.3) is 0 Å². The van der Waals surface area contributed by atoms with Crippen LogP contribution >= 0.6 is 0 Å². The molecule has 0 spiro atoms. The van der Waals surface area contributed by atoms with Crippen molar-refractivity contribution in [3.8, 4) is 17.2 Å². The lowest BCUT2D eigenvalue weighted by Gasteiger charge is -2.36. The number of rotatable bonds is 6. The van der Waals surface area contributed by atoms with Crippen molar-refractivity contribution in [2.24, 2.45) is 0 Å². The minimum absolute atomic E-state index is 0.219. The van der Waals surface area contributed by atoms with E-state index in [9.17, 15) is 4.79 Å². The Bertz CT molecular complexity index is 1600. The molecule has 0 atom stereocenters. The number of fused-ring (bicyclic) bond motifs is 1. The first kappa shape index (κ1) is 22.8. The summed E-state index contributed by atoms with van der Waals surface area (Å²) in [6.45, 7) is 5.40. The van der Waals surface area contributed by atoms with Crippen LogP contribution in [0.15, 0.2) is 76.2 Å². The average molecular weight is 498 g/mol. The van der Waals surface area contributed by atoms with Crippen LogP contribution in [0.4, 0.5) is 11.5 Å². The smallest absolute Gasteiger partial charge is 0.351 e. The van der Waals surface area contributed by atoms with E-state index in [0.717, 1.165) is 49.0 Å². The number of hydrogen-bond donors (Lipinski definition) is 0. The number of benzene rings is 2. The van der Waals surface area contributed by atoms with Gasteiger partial charge >= 0.3 is 5.69 Å². The summed E-state index contributed by atoms with van der Waals surface area (Å²) in [4.78, 5) is 26.7. The summed E-state index contributed by atoms with van der Waals surface area (Å²) in [7, 11) is 1.68. The standard InChI is InChI=1S/C27H27N7O3/c1-19-23(29-26(37-19)20-7-4-3-5-8-20)17-34-27(35)33-18-28-24(16-25(33)30-34)32-13-11-31(12-14-32)21-9-6-10-22(15-21)36-2/h3-10,15-16,18H,11-14,17H2,1-2H3. The maximum atomic E-state index is 13.0. The molecule has 5 aromatic rings. The van der Waals surface area contributed by atoms with Gasteiger partial charge in [-0.1, -0.05) is 24.3 Å². The molecule has 10 heteroatoms. The fourth-order valence-electron chi connectivity index (χ4n) is 4.61. The molecule has 0 aliphatic carbocycles. The fourth-order valence-corrected chi connectivity index (χ4v) is 4.61. The van der Waals surface area contributed by atoms with Crippen LogP contribution in [0, 0.1) is 6.92 Å². The van der Waals surface area contributed by atoms with Crippen molar-refractivity contribution in [2.75, 3.05) is 43.1 Å². The van der Waals surface area contributed by atoms with Gasteiger partial charge in [0.1, 0.15) is 29.3 Å². The Balaban J connectivity index is 1.19. The lowest BCUT2D eigenvalue weighted by atomic mass is 10.2. The largest absolute Gasteiger partial charge is 0.497 e. The summed E-state index contributed by atoms with van der Waals surface area (Å²) in [6, 6.07) is 19.7. The van der Waals surface area contributed by atoms with E-state index >= 15 is 0 Å². The summed E-state index contributed by atoms with van der Waals surface area (Å²) >= 11 is 0. The highest BCUT2D eigenvalue weighted by Crippen LogP contribution is 2.24. The first-order valence-corrected chi connectivity index (χ1v) is 12.2. The zero-order valence-electron chi connectivity index (χ0n) is 20.7. The van der Waals surface area contributed by atoms with E-state index in [-0.39, 0.29) is 12.2 Å². The number of piperazine rings is 1. The number of aryl methyl sites for hydroxylation is 1. The molecule has 4 heterocycles. The molecule has 188 valence electrons. The van der Waals surface area contributed by atoms with Crippen LogP contribution in [0.1, 0.15) is 11.5 Å². The summed E-state index contributed by atoms with van der Waals surface area (Å²) in [5.41, 5.74) is 2.99. The molecule has 1 aliphatic rings. The van der Waals surface area contributed by atoms with E-state index in [1.807, 2.05) is 55.5 Å². The molecule has 1 saturated heterocycles. The molecule has 6 rings (SSSR count). The Labute approximate surface area is 213 Å². The molecule has 0 amide bonds. The van der Waals surface area contributed by atoms with Crippen LogP contribution < -0.4 is 20.2 Å². The van der Waals surface area contributed by atoms with Gasteiger partial charge in [0.15, 0.2) is 5.65 Å². The van der Waals surface area contributed by atoms with Crippen LogP contribution in [-0.4, -0.2) is 57.4 Å². The zero-order valence-corrected chi connectivity index (χ0v) is 20.7. The SMILES string of the molecule is COc1cccc(N2CCN(c3cc4nn(Cc5nc(-c6ccccc6)oc5C)c(=O)n4cn3)CC2)c1. The highest BCUT2D eigenvalue weighted by Gasteiger charge is 2.20. The molecule has 0 saturated carbocycles. The average Bonchev–Trinajstić information content (AvgIpc) is 3.47. The molecular formula is C27H27N7O3. The Morgan fingerprint density at radius 3 is 2.54 bits per heavy atom. The summed E-state index contributed by atoms with van der Waals surface area (Å²) in [6.07, 6.45) is 1.55. The quantitative estimate of drug-likeness (QED) is 0.353. The third-order valence-corrected chi connectivity index (χ3v) is 6.70. The van der Waals surface area contributed by atoms with Crippen molar-refractivity contribution in [3.05, 3.63) is 88.9 Å². The Morgan fingerprint density at radius 1 is 0.973 bits per heavy atom. The predicted molar refractivity (Wildman–Crippen MR) is 140 cm³/mol. The number of hydrogen-bond acceptors (Lipinski definition) is 8. The number of nitrogens with zero attached hydrogens (tertiary/aromatic N) is 7. The highest BCUT2D eigenvalue weighted by molar-refractivity contribution is 5.55. The molecular weight excluding hydrogens is 470 g/mol. The second-order valence-electron chi connectivity index (χ2n) is 8.98. The second-order valence-corrected chi connectivity index (χ2v) is 8.98. The van der Waals surface area contributed by atoms with Gasteiger partial charge in [0.2, 0.25) is 5.89 Å². The van der Waals surface area contributed by atoms with Gasteiger partial charge in [0, 0.05) is 49.6 Å². The van der Waals surface area contributed by atoms with Crippen molar-refractivity contribution < 1.29 is 9.15 Å². The van der Waals surface area contributed by atoms with E-state index in [4.69, 9.17) is 9.15 Å². The third-order valence-electron chi connectivity index (χ3n) is 6.70. The van der Waals surface area contributed by atoms with Crippen LogP contribution in [0.5, 0.6) is 5.75 Å². The van der Waals surface area contributed by atoms with Gasteiger partial charge in [0.05, 0.1) is 13.7 Å². The van der Waals surface area contributed by atoms with Gasteiger partial charge in [-0.25, -0.2) is 23.8 Å². The van der Waals surface area contributed by atoms with Gasteiger partial charge < -0.3 is 19.0 Å². The number of aromatic nitrogens is 5. The van der Waals surface area contributed by atoms with Crippen molar-refractivity contribution >= 4 is 17.2 Å². The van der Waals surface area contributed by atoms with Crippen LogP contribution in [0.3, 0.4) is 0 Å². The second kappa shape index (κ2) is 9.45. The van der Waals surface area contributed by atoms with E-state index < -0.39 is 0 Å². The van der Waals surface area contributed by atoms with Gasteiger partial charge in [-0.3, -0.25) is 0 Å². The number of anilines is 2. The van der Waals surface area contributed by atoms with Gasteiger partial charge in [-0.15, -0.1) is 5.10 Å². The molecule has 3 aromatic heterocycles.